The number of rotatable bonds is 6. The number of aromatic nitrogens is 1. The van der Waals surface area contributed by atoms with E-state index in [1.807, 2.05) is 24.3 Å². The fourth-order valence-corrected chi connectivity index (χ4v) is 3.99. The van der Waals surface area contributed by atoms with E-state index >= 15 is 0 Å². The summed E-state index contributed by atoms with van der Waals surface area (Å²) in [6, 6.07) is 9.99. The van der Waals surface area contributed by atoms with Crippen LogP contribution >= 0.6 is 11.5 Å². The number of halogens is 2. The number of sulfonamides is 1. The molecule has 0 aliphatic heterocycles. The number of nitrogens with one attached hydrogen (secondary N) is 2. The van der Waals surface area contributed by atoms with Gasteiger partial charge in [-0.25, -0.2) is 21.9 Å². The molecule has 0 saturated carbocycles. The molecule has 0 atom stereocenters. The Labute approximate surface area is 141 Å². The molecule has 0 amide bonds. The van der Waals surface area contributed by atoms with Crippen LogP contribution < -0.4 is 10.0 Å². The Kier molecular flexibility index (Phi) is 4.74. The highest BCUT2D eigenvalue weighted by Crippen LogP contribution is 2.25. The van der Waals surface area contributed by atoms with Gasteiger partial charge in [-0.2, -0.15) is 4.37 Å². The molecule has 0 aliphatic rings. The van der Waals surface area contributed by atoms with Crippen LogP contribution in [-0.4, -0.2) is 25.9 Å². The summed E-state index contributed by atoms with van der Waals surface area (Å²) in [7, 11) is -4.04. The van der Waals surface area contributed by atoms with E-state index in [9.17, 15) is 17.2 Å². The molecular formula is C15H13F2N3O2S2. The maximum Gasteiger partial charge on any atom is 0.243 e. The quantitative estimate of drug-likeness (QED) is 0.656. The van der Waals surface area contributed by atoms with Crippen LogP contribution in [-0.2, 0) is 10.0 Å². The smallest absolute Gasteiger partial charge is 0.243 e. The SMILES string of the molecule is O=S(=O)(NCCNc1nsc2ccccc12)c1ccc(F)cc1F. The van der Waals surface area contributed by atoms with Crippen molar-refractivity contribution in [3.63, 3.8) is 0 Å². The summed E-state index contributed by atoms with van der Waals surface area (Å²) in [4.78, 5) is -0.581. The first-order chi connectivity index (χ1) is 11.5. The zero-order valence-corrected chi connectivity index (χ0v) is 13.9. The van der Waals surface area contributed by atoms with Crippen LogP contribution in [0.3, 0.4) is 0 Å². The van der Waals surface area contributed by atoms with Crippen LogP contribution in [0.2, 0.25) is 0 Å². The molecule has 0 radical (unpaired) electrons. The highest BCUT2D eigenvalue weighted by Gasteiger charge is 2.18. The van der Waals surface area contributed by atoms with E-state index in [2.05, 4.69) is 14.4 Å². The number of nitrogens with zero attached hydrogens (tertiary/aromatic N) is 1. The predicted molar refractivity (Wildman–Crippen MR) is 89.7 cm³/mol. The lowest BCUT2D eigenvalue weighted by Gasteiger charge is -2.08. The first-order valence-electron chi connectivity index (χ1n) is 7.00. The molecular weight excluding hydrogens is 356 g/mol. The molecule has 0 fully saturated rings. The van der Waals surface area contributed by atoms with Gasteiger partial charge in [-0.15, -0.1) is 0 Å². The number of hydrogen-bond acceptors (Lipinski definition) is 5. The van der Waals surface area contributed by atoms with Gasteiger partial charge < -0.3 is 5.32 Å². The zero-order chi connectivity index (χ0) is 17.2. The molecule has 3 rings (SSSR count). The highest BCUT2D eigenvalue weighted by molar-refractivity contribution is 7.89. The fraction of sp³-hybridized carbons (Fsp3) is 0.133. The van der Waals surface area contributed by atoms with E-state index in [1.54, 1.807) is 0 Å². The third-order valence-corrected chi connectivity index (χ3v) is 5.59. The van der Waals surface area contributed by atoms with Gasteiger partial charge in [-0.1, -0.05) is 12.1 Å². The molecule has 0 spiro atoms. The van der Waals surface area contributed by atoms with Crippen molar-refractivity contribution >= 4 is 37.5 Å². The van der Waals surface area contributed by atoms with E-state index in [1.165, 1.54) is 11.5 Å². The Morgan fingerprint density at radius 3 is 2.67 bits per heavy atom. The van der Waals surface area contributed by atoms with Crippen LogP contribution in [0.4, 0.5) is 14.6 Å². The maximum absolute atomic E-state index is 13.6. The normalized spacial score (nSPS) is 11.8. The van der Waals surface area contributed by atoms with Gasteiger partial charge in [0.1, 0.15) is 22.3 Å². The minimum atomic E-state index is -4.04. The van der Waals surface area contributed by atoms with Crippen LogP contribution in [0.5, 0.6) is 0 Å². The summed E-state index contributed by atoms with van der Waals surface area (Å²) >= 11 is 1.34. The predicted octanol–water partition coefficient (Wildman–Crippen LogP) is 2.96. The lowest BCUT2D eigenvalue weighted by Crippen LogP contribution is -2.29. The Bertz CT molecular complexity index is 974. The second-order valence-corrected chi connectivity index (χ2v) is 7.47. The van der Waals surface area contributed by atoms with Crippen molar-refractivity contribution in [2.24, 2.45) is 0 Å². The molecule has 5 nitrogen and oxygen atoms in total. The summed E-state index contributed by atoms with van der Waals surface area (Å²) in [5.74, 6) is -1.28. The topological polar surface area (TPSA) is 71.1 Å². The number of fused-ring (bicyclic) bond motifs is 1. The number of hydrogen-bond donors (Lipinski definition) is 2. The van der Waals surface area contributed by atoms with Crippen LogP contribution in [0, 0.1) is 11.6 Å². The van der Waals surface area contributed by atoms with Crippen molar-refractivity contribution in [2.45, 2.75) is 4.90 Å². The molecule has 9 heteroatoms. The van der Waals surface area contributed by atoms with Gasteiger partial charge in [0.05, 0.1) is 4.70 Å². The second kappa shape index (κ2) is 6.80. The van der Waals surface area contributed by atoms with Crippen molar-refractivity contribution in [3.8, 4) is 0 Å². The Balaban J connectivity index is 1.61. The van der Waals surface area contributed by atoms with Gasteiger partial charge in [0.25, 0.3) is 0 Å². The molecule has 1 aromatic heterocycles. The number of benzene rings is 2. The zero-order valence-electron chi connectivity index (χ0n) is 12.3. The first kappa shape index (κ1) is 16.7. The van der Waals surface area contributed by atoms with Crippen molar-refractivity contribution in [2.75, 3.05) is 18.4 Å². The van der Waals surface area contributed by atoms with E-state index in [-0.39, 0.29) is 13.1 Å². The largest absolute Gasteiger partial charge is 0.367 e. The van der Waals surface area contributed by atoms with Crippen LogP contribution in [0.15, 0.2) is 47.4 Å². The monoisotopic (exact) mass is 369 g/mol. The standard InChI is InChI=1S/C15H13F2N3O2S2/c16-10-5-6-14(12(17)9-10)24(21,22)19-8-7-18-15-11-3-1-2-4-13(11)23-20-15/h1-6,9,19H,7-8H2,(H,18,20). The molecule has 2 N–H and O–H groups in total. The van der Waals surface area contributed by atoms with Gasteiger partial charge in [-0.05, 0) is 35.8 Å². The van der Waals surface area contributed by atoms with Crippen LogP contribution in [0.25, 0.3) is 10.1 Å². The molecule has 0 aliphatic carbocycles. The molecule has 3 aromatic rings. The molecule has 24 heavy (non-hydrogen) atoms. The highest BCUT2D eigenvalue weighted by atomic mass is 32.2. The summed E-state index contributed by atoms with van der Waals surface area (Å²) in [6.07, 6.45) is 0. The Hall–Kier alpha value is -2.10. The lowest BCUT2D eigenvalue weighted by atomic mass is 10.2. The van der Waals surface area contributed by atoms with Crippen molar-refractivity contribution in [3.05, 3.63) is 54.1 Å². The molecule has 0 saturated heterocycles. The average molecular weight is 369 g/mol. The van der Waals surface area contributed by atoms with E-state index in [0.29, 0.717) is 11.9 Å². The molecule has 1 heterocycles. The molecule has 0 bridgehead atoms. The third-order valence-electron chi connectivity index (χ3n) is 3.27. The Morgan fingerprint density at radius 2 is 1.88 bits per heavy atom. The first-order valence-corrected chi connectivity index (χ1v) is 9.26. The van der Waals surface area contributed by atoms with Gasteiger partial charge in [0.15, 0.2) is 0 Å². The third kappa shape index (κ3) is 3.53. The van der Waals surface area contributed by atoms with Gasteiger partial charge in [0.2, 0.25) is 10.0 Å². The summed E-state index contributed by atoms with van der Waals surface area (Å²) in [5.41, 5.74) is 0. The van der Waals surface area contributed by atoms with Crippen molar-refractivity contribution in [1.29, 1.82) is 0 Å². The van der Waals surface area contributed by atoms with Gasteiger partial charge >= 0.3 is 0 Å². The van der Waals surface area contributed by atoms with E-state index in [0.717, 1.165) is 22.2 Å². The van der Waals surface area contributed by atoms with Crippen molar-refractivity contribution < 1.29 is 17.2 Å². The molecule has 2 aromatic carbocycles. The van der Waals surface area contributed by atoms with E-state index in [4.69, 9.17) is 0 Å². The van der Waals surface area contributed by atoms with Crippen LogP contribution in [0.1, 0.15) is 0 Å². The molecule has 126 valence electrons. The van der Waals surface area contributed by atoms with Gasteiger partial charge in [-0.3, -0.25) is 0 Å². The summed E-state index contributed by atoms with van der Waals surface area (Å²) in [5, 5.41) is 3.99. The van der Waals surface area contributed by atoms with E-state index < -0.39 is 26.6 Å². The fourth-order valence-electron chi connectivity index (χ4n) is 2.15. The van der Waals surface area contributed by atoms with Gasteiger partial charge in [0, 0.05) is 24.5 Å². The summed E-state index contributed by atoms with van der Waals surface area (Å²) < 4.78 is 58.0. The number of anilines is 1. The minimum absolute atomic E-state index is 0.0327. The average Bonchev–Trinajstić information content (AvgIpc) is 2.94. The summed E-state index contributed by atoms with van der Waals surface area (Å²) in [6.45, 7) is 0.306. The Morgan fingerprint density at radius 1 is 1.08 bits per heavy atom. The maximum atomic E-state index is 13.6. The molecule has 0 unspecified atom stereocenters. The lowest BCUT2D eigenvalue weighted by molar-refractivity contribution is 0.544. The minimum Gasteiger partial charge on any atom is -0.367 e. The van der Waals surface area contributed by atoms with Crippen molar-refractivity contribution in [1.82, 2.24) is 9.10 Å². The second-order valence-electron chi connectivity index (χ2n) is 4.93.